The Morgan fingerprint density at radius 2 is 2.08 bits per heavy atom. The molecule has 3 rings (SSSR count). The molecule has 2 heterocycles. The number of esters is 1. The molecular weight excluding hydrogens is 340 g/mol. The molecule has 0 radical (unpaired) electrons. The van der Waals surface area contributed by atoms with Gasteiger partial charge in [-0.2, -0.15) is 0 Å². The molecule has 1 aromatic carbocycles. The molecule has 4 unspecified atom stereocenters. The molecule has 25 heavy (non-hydrogen) atoms. The van der Waals surface area contributed by atoms with E-state index in [1.807, 2.05) is 37.3 Å². The van der Waals surface area contributed by atoms with E-state index < -0.39 is 6.04 Å². The SMILES string of the molecule is CC(=O)NC(C)SC1CC2CC(=O)N2C1C(=O)OCc1ccccc1. The molecule has 0 bridgehead atoms. The predicted molar refractivity (Wildman–Crippen MR) is 94.6 cm³/mol. The van der Waals surface area contributed by atoms with E-state index >= 15 is 0 Å². The second-order valence-electron chi connectivity index (χ2n) is 6.45. The quantitative estimate of drug-likeness (QED) is 0.473. The van der Waals surface area contributed by atoms with Crippen molar-refractivity contribution >= 4 is 29.5 Å². The summed E-state index contributed by atoms with van der Waals surface area (Å²) in [5, 5.41) is 2.62. The van der Waals surface area contributed by atoms with Crippen LogP contribution < -0.4 is 5.32 Å². The first-order valence-corrected chi connectivity index (χ1v) is 9.34. The first-order valence-electron chi connectivity index (χ1n) is 8.40. The van der Waals surface area contributed by atoms with E-state index in [1.54, 1.807) is 4.90 Å². The summed E-state index contributed by atoms with van der Waals surface area (Å²) < 4.78 is 5.47. The molecule has 7 heteroatoms. The fraction of sp³-hybridized carbons (Fsp3) is 0.500. The number of hydrogen-bond donors (Lipinski definition) is 1. The summed E-state index contributed by atoms with van der Waals surface area (Å²) in [6.07, 6.45) is 1.25. The smallest absolute Gasteiger partial charge is 0.330 e. The highest BCUT2D eigenvalue weighted by atomic mass is 32.2. The Bertz CT molecular complexity index is 666. The van der Waals surface area contributed by atoms with Gasteiger partial charge in [-0.1, -0.05) is 30.3 Å². The lowest BCUT2D eigenvalue weighted by Gasteiger charge is -2.37. The lowest BCUT2D eigenvalue weighted by atomic mass is 10.0. The van der Waals surface area contributed by atoms with Crippen molar-refractivity contribution < 1.29 is 19.1 Å². The van der Waals surface area contributed by atoms with Crippen molar-refractivity contribution in [1.82, 2.24) is 10.2 Å². The van der Waals surface area contributed by atoms with Gasteiger partial charge in [0.1, 0.15) is 12.6 Å². The molecule has 2 saturated heterocycles. The van der Waals surface area contributed by atoms with Crippen LogP contribution in [-0.2, 0) is 25.7 Å². The highest BCUT2D eigenvalue weighted by Crippen LogP contribution is 2.42. The van der Waals surface area contributed by atoms with E-state index in [4.69, 9.17) is 4.74 Å². The average molecular weight is 362 g/mol. The summed E-state index contributed by atoms with van der Waals surface area (Å²) in [6.45, 7) is 3.55. The number of thioether (sulfide) groups is 1. The number of benzene rings is 1. The maximum atomic E-state index is 12.7. The van der Waals surface area contributed by atoms with Gasteiger partial charge in [0.25, 0.3) is 0 Å². The zero-order valence-corrected chi connectivity index (χ0v) is 15.1. The fourth-order valence-electron chi connectivity index (χ4n) is 3.44. The topological polar surface area (TPSA) is 75.7 Å². The first-order chi connectivity index (χ1) is 12.0. The summed E-state index contributed by atoms with van der Waals surface area (Å²) in [5.74, 6) is -0.477. The van der Waals surface area contributed by atoms with Gasteiger partial charge in [0.15, 0.2) is 0 Å². The fourth-order valence-corrected chi connectivity index (χ4v) is 4.93. The number of rotatable bonds is 6. The molecule has 2 fully saturated rings. The van der Waals surface area contributed by atoms with Crippen LogP contribution in [0.15, 0.2) is 30.3 Å². The van der Waals surface area contributed by atoms with E-state index in [0.29, 0.717) is 6.42 Å². The predicted octanol–water partition coefficient (Wildman–Crippen LogP) is 1.69. The van der Waals surface area contributed by atoms with Crippen LogP contribution in [0.4, 0.5) is 0 Å². The summed E-state index contributed by atoms with van der Waals surface area (Å²) in [7, 11) is 0. The lowest BCUT2D eigenvalue weighted by molar-refractivity contribution is -0.161. The van der Waals surface area contributed by atoms with Gasteiger partial charge in [-0.15, -0.1) is 11.8 Å². The summed E-state index contributed by atoms with van der Waals surface area (Å²) in [5.41, 5.74) is 0.913. The van der Waals surface area contributed by atoms with Gasteiger partial charge in [-0.3, -0.25) is 9.59 Å². The minimum Gasteiger partial charge on any atom is -0.459 e. The Kier molecular flexibility index (Phi) is 5.32. The molecule has 0 aliphatic carbocycles. The number of carbonyl (C=O) groups is 3. The van der Waals surface area contributed by atoms with Crippen LogP contribution in [-0.4, -0.2) is 45.4 Å². The molecule has 2 amide bonds. The standard InChI is InChI=1S/C18H22N2O4S/c1-11(21)19-12(2)25-15-8-14-9-16(22)20(14)17(15)18(23)24-10-13-6-4-3-5-7-13/h3-7,12,14-15,17H,8-10H2,1-2H3,(H,19,21). The molecule has 0 spiro atoms. The molecule has 6 nitrogen and oxygen atoms in total. The van der Waals surface area contributed by atoms with Gasteiger partial charge in [0, 0.05) is 24.6 Å². The van der Waals surface area contributed by atoms with E-state index in [2.05, 4.69) is 5.32 Å². The van der Waals surface area contributed by atoms with Gasteiger partial charge in [0.2, 0.25) is 11.8 Å². The van der Waals surface area contributed by atoms with Crippen molar-refractivity contribution in [3.8, 4) is 0 Å². The third-order valence-corrected chi connectivity index (χ3v) is 5.82. The van der Waals surface area contributed by atoms with E-state index in [0.717, 1.165) is 12.0 Å². The minimum atomic E-state index is -0.573. The van der Waals surface area contributed by atoms with E-state index in [9.17, 15) is 14.4 Å². The monoisotopic (exact) mass is 362 g/mol. The molecular formula is C18H22N2O4S. The van der Waals surface area contributed by atoms with Gasteiger partial charge < -0.3 is 15.0 Å². The van der Waals surface area contributed by atoms with Crippen molar-refractivity contribution in [1.29, 1.82) is 0 Å². The number of carbonyl (C=O) groups excluding carboxylic acids is 3. The van der Waals surface area contributed by atoms with Crippen LogP contribution in [0.3, 0.4) is 0 Å². The second-order valence-corrected chi connectivity index (χ2v) is 8.03. The minimum absolute atomic E-state index is 0.00180. The van der Waals surface area contributed by atoms with E-state index in [-0.39, 0.29) is 41.1 Å². The Labute approximate surface area is 151 Å². The maximum Gasteiger partial charge on any atom is 0.330 e. The molecule has 2 aliphatic rings. The molecule has 134 valence electrons. The van der Waals surface area contributed by atoms with Crippen molar-refractivity contribution in [3.05, 3.63) is 35.9 Å². The zero-order valence-electron chi connectivity index (χ0n) is 14.3. The van der Waals surface area contributed by atoms with Crippen LogP contribution in [0.25, 0.3) is 0 Å². The number of nitrogens with one attached hydrogen (secondary N) is 1. The lowest BCUT2D eigenvalue weighted by Crippen LogP contribution is -2.55. The third-order valence-electron chi connectivity index (χ3n) is 4.50. The second kappa shape index (κ2) is 7.47. The summed E-state index contributed by atoms with van der Waals surface area (Å²) in [6, 6.07) is 9.01. The van der Waals surface area contributed by atoms with Crippen LogP contribution >= 0.6 is 11.8 Å². The van der Waals surface area contributed by atoms with Crippen molar-refractivity contribution in [2.75, 3.05) is 0 Å². The number of β-lactam (4-membered cyclic amide) rings is 1. The van der Waals surface area contributed by atoms with Crippen molar-refractivity contribution in [2.24, 2.45) is 0 Å². The van der Waals surface area contributed by atoms with Gasteiger partial charge in [0.05, 0.1) is 5.37 Å². The number of fused-ring (bicyclic) bond motifs is 1. The van der Waals surface area contributed by atoms with Crippen LogP contribution in [0.1, 0.15) is 32.3 Å². The highest BCUT2D eigenvalue weighted by molar-refractivity contribution is 8.00. The average Bonchev–Trinajstić information content (AvgIpc) is 2.85. The number of amides is 2. The molecule has 2 aliphatic heterocycles. The Morgan fingerprint density at radius 3 is 2.72 bits per heavy atom. The maximum absolute atomic E-state index is 12.7. The van der Waals surface area contributed by atoms with Gasteiger partial charge in [-0.05, 0) is 18.9 Å². The summed E-state index contributed by atoms with van der Waals surface area (Å²) >= 11 is 1.52. The molecule has 1 N–H and O–H groups in total. The van der Waals surface area contributed by atoms with Gasteiger partial charge in [-0.25, -0.2) is 4.79 Å². The zero-order chi connectivity index (χ0) is 18.0. The highest BCUT2D eigenvalue weighted by Gasteiger charge is 2.54. The Hall–Kier alpha value is -2.02. The van der Waals surface area contributed by atoms with E-state index in [1.165, 1.54) is 18.7 Å². The van der Waals surface area contributed by atoms with Crippen molar-refractivity contribution in [2.45, 2.75) is 56.0 Å². The third kappa shape index (κ3) is 3.98. The first kappa shape index (κ1) is 17.8. The normalized spacial score (nSPS) is 25.8. The Morgan fingerprint density at radius 1 is 1.36 bits per heavy atom. The Balaban J connectivity index is 1.65. The molecule has 1 aromatic rings. The number of hydrogen-bond acceptors (Lipinski definition) is 5. The van der Waals surface area contributed by atoms with Gasteiger partial charge >= 0.3 is 5.97 Å². The number of ether oxygens (including phenoxy) is 1. The van der Waals surface area contributed by atoms with Crippen LogP contribution in [0.5, 0.6) is 0 Å². The van der Waals surface area contributed by atoms with Crippen LogP contribution in [0.2, 0.25) is 0 Å². The summed E-state index contributed by atoms with van der Waals surface area (Å²) in [4.78, 5) is 37.5. The number of nitrogens with zero attached hydrogens (tertiary/aromatic N) is 1. The largest absolute Gasteiger partial charge is 0.459 e. The van der Waals surface area contributed by atoms with Crippen LogP contribution in [0, 0.1) is 0 Å². The molecule has 4 atom stereocenters. The molecule has 0 aromatic heterocycles. The molecule has 0 saturated carbocycles. The van der Waals surface area contributed by atoms with Crippen molar-refractivity contribution in [3.63, 3.8) is 0 Å².